The standard InChI is InChI=1S/C17H18N4O3/c1-11-9-21(10-15(23-11)16-19-12(2)20-24-16)17(22)14-5-3-4-13(8-14)6-7-18/h3-5,8,11,15H,6,9-10H2,1-2H3/t11-,15-/m1/s1. The van der Waals surface area contributed by atoms with Gasteiger partial charge in [-0.15, -0.1) is 0 Å². The van der Waals surface area contributed by atoms with Crippen molar-refractivity contribution in [2.24, 2.45) is 0 Å². The van der Waals surface area contributed by atoms with Crippen LogP contribution in [0, 0.1) is 18.3 Å². The first kappa shape index (κ1) is 16.1. The van der Waals surface area contributed by atoms with Crippen molar-refractivity contribution < 1.29 is 14.1 Å². The van der Waals surface area contributed by atoms with Gasteiger partial charge in [-0.2, -0.15) is 10.2 Å². The number of carbonyl (C=O) groups excluding carboxylic acids is 1. The average molecular weight is 326 g/mol. The number of ether oxygens (including phenoxy) is 1. The molecule has 0 spiro atoms. The molecule has 7 nitrogen and oxygen atoms in total. The summed E-state index contributed by atoms with van der Waals surface area (Å²) in [6.07, 6.45) is -0.284. The fourth-order valence-corrected chi connectivity index (χ4v) is 2.79. The molecule has 1 amide bonds. The predicted molar refractivity (Wildman–Crippen MR) is 84.0 cm³/mol. The Morgan fingerprint density at radius 3 is 3.00 bits per heavy atom. The van der Waals surface area contributed by atoms with Crippen LogP contribution in [-0.4, -0.2) is 40.1 Å². The van der Waals surface area contributed by atoms with Gasteiger partial charge in [-0.25, -0.2) is 0 Å². The minimum Gasteiger partial charge on any atom is -0.362 e. The zero-order valence-corrected chi connectivity index (χ0v) is 13.6. The van der Waals surface area contributed by atoms with Crippen LogP contribution in [0.1, 0.15) is 40.7 Å². The molecule has 0 unspecified atom stereocenters. The van der Waals surface area contributed by atoms with Crippen LogP contribution in [0.2, 0.25) is 0 Å². The van der Waals surface area contributed by atoms with E-state index in [1.54, 1.807) is 30.0 Å². The molecule has 1 fully saturated rings. The third kappa shape index (κ3) is 3.44. The largest absolute Gasteiger partial charge is 0.362 e. The molecule has 2 atom stereocenters. The lowest BCUT2D eigenvalue weighted by atomic mass is 10.1. The molecular weight excluding hydrogens is 308 g/mol. The van der Waals surface area contributed by atoms with E-state index < -0.39 is 6.10 Å². The van der Waals surface area contributed by atoms with E-state index in [9.17, 15) is 4.79 Å². The van der Waals surface area contributed by atoms with E-state index in [0.29, 0.717) is 30.4 Å². The van der Waals surface area contributed by atoms with Crippen molar-refractivity contribution in [2.75, 3.05) is 13.1 Å². The van der Waals surface area contributed by atoms with Gasteiger partial charge in [0, 0.05) is 12.1 Å². The molecule has 1 aliphatic rings. The van der Waals surface area contributed by atoms with Gasteiger partial charge in [-0.3, -0.25) is 4.79 Å². The van der Waals surface area contributed by atoms with Crippen molar-refractivity contribution in [3.8, 4) is 6.07 Å². The van der Waals surface area contributed by atoms with Crippen molar-refractivity contribution in [2.45, 2.75) is 32.5 Å². The van der Waals surface area contributed by atoms with Crippen molar-refractivity contribution in [3.05, 3.63) is 47.1 Å². The van der Waals surface area contributed by atoms with Crippen LogP contribution in [0.5, 0.6) is 0 Å². The molecule has 0 bridgehead atoms. The van der Waals surface area contributed by atoms with Crippen LogP contribution in [0.25, 0.3) is 0 Å². The Bertz CT molecular complexity index is 780. The van der Waals surface area contributed by atoms with Gasteiger partial charge in [-0.05, 0) is 31.5 Å². The van der Waals surface area contributed by atoms with Crippen LogP contribution in [0.4, 0.5) is 0 Å². The normalized spacial score (nSPS) is 20.6. The molecule has 2 heterocycles. The molecule has 1 saturated heterocycles. The van der Waals surface area contributed by atoms with Crippen LogP contribution in [-0.2, 0) is 11.2 Å². The number of carbonyl (C=O) groups is 1. The lowest BCUT2D eigenvalue weighted by molar-refractivity contribution is -0.0810. The Morgan fingerprint density at radius 2 is 2.29 bits per heavy atom. The number of rotatable bonds is 3. The highest BCUT2D eigenvalue weighted by Crippen LogP contribution is 2.25. The molecule has 0 aliphatic carbocycles. The van der Waals surface area contributed by atoms with Crippen LogP contribution in [0.15, 0.2) is 28.8 Å². The Labute approximate surface area is 139 Å². The zero-order chi connectivity index (χ0) is 17.1. The highest BCUT2D eigenvalue weighted by Gasteiger charge is 2.33. The molecule has 0 saturated carbocycles. The van der Waals surface area contributed by atoms with E-state index in [2.05, 4.69) is 16.2 Å². The summed E-state index contributed by atoms with van der Waals surface area (Å²) in [6.45, 7) is 4.49. The molecule has 24 heavy (non-hydrogen) atoms. The molecule has 1 aromatic carbocycles. The third-order valence-electron chi connectivity index (χ3n) is 3.82. The summed E-state index contributed by atoms with van der Waals surface area (Å²) in [5, 5.41) is 12.6. The summed E-state index contributed by atoms with van der Waals surface area (Å²) in [6, 6.07) is 9.25. The van der Waals surface area contributed by atoms with Crippen molar-refractivity contribution >= 4 is 5.91 Å². The van der Waals surface area contributed by atoms with Gasteiger partial charge < -0.3 is 14.2 Å². The maximum Gasteiger partial charge on any atom is 0.257 e. The van der Waals surface area contributed by atoms with E-state index >= 15 is 0 Å². The summed E-state index contributed by atoms with van der Waals surface area (Å²) >= 11 is 0. The van der Waals surface area contributed by atoms with Crippen molar-refractivity contribution in [1.82, 2.24) is 15.0 Å². The second-order valence-electron chi connectivity index (χ2n) is 5.86. The summed E-state index contributed by atoms with van der Waals surface area (Å²) in [5.41, 5.74) is 1.39. The lowest BCUT2D eigenvalue weighted by Gasteiger charge is -2.35. The Hall–Kier alpha value is -2.72. The summed E-state index contributed by atoms with van der Waals surface area (Å²) in [7, 11) is 0. The smallest absolute Gasteiger partial charge is 0.257 e. The van der Waals surface area contributed by atoms with Crippen molar-refractivity contribution in [1.29, 1.82) is 5.26 Å². The average Bonchev–Trinajstić information content (AvgIpc) is 3.01. The molecule has 1 aliphatic heterocycles. The van der Waals surface area contributed by atoms with Gasteiger partial charge in [0.05, 0.1) is 25.1 Å². The topological polar surface area (TPSA) is 92.2 Å². The Morgan fingerprint density at radius 1 is 1.46 bits per heavy atom. The van der Waals surface area contributed by atoms with E-state index in [4.69, 9.17) is 14.5 Å². The predicted octanol–water partition coefficient (Wildman–Crippen LogP) is 2.05. The van der Waals surface area contributed by atoms with E-state index in [-0.39, 0.29) is 18.4 Å². The molecule has 2 aromatic rings. The number of hydrogen-bond acceptors (Lipinski definition) is 6. The van der Waals surface area contributed by atoms with Crippen LogP contribution in [0.3, 0.4) is 0 Å². The fourth-order valence-electron chi connectivity index (χ4n) is 2.79. The number of morpholine rings is 1. The first-order valence-corrected chi connectivity index (χ1v) is 7.77. The summed E-state index contributed by atoms with van der Waals surface area (Å²) in [4.78, 5) is 18.7. The Balaban J connectivity index is 1.79. The maximum atomic E-state index is 12.8. The second-order valence-corrected chi connectivity index (χ2v) is 5.86. The minimum atomic E-state index is -0.429. The first-order chi connectivity index (χ1) is 11.6. The van der Waals surface area contributed by atoms with Gasteiger partial charge in [0.25, 0.3) is 11.8 Å². The molecule has 124 valence electrons. The molecule has 3 rings (SSSR count). The number of aromatic nitrogens is 2. The maximum absolute atomic E-state index is 12.8. The minimum absolute atomic E-state index is 0.0915. The first-order valence-electron chi connectivity index (χ1n) is 7.77. The number of amides is 1. The van der Waals surface area contributed by atoms with Crippen molar-refractivity contribution in [3.63, 3.8) is 0 Å². The van der Waals surface area contributed by atoms with E-state index in [1.165, 1.54) is 0 Å². The molecule has 7 heteroatoms. The monoisotopic (exact) mass is 326 g/mol. The highest BCUT2D eigenvalue weighted by molar-refractivity contribution is 5.94. The Kier molecular flexibility index (Phi) is 4.58. The summed E-state index contributed by atoms with van der Waals surface area (Å²) in [5.74, 6) is 0.829. The number of nitrogens with zero attached hydrogens (tertiary/aromatic N) is 4. The SMILES string of the molecule is Cc1noc([C@H]2CN(C(=O)c3cccc(CC#N)c3)C[C@@H](C)O2)n1. The second kappa shape index (κ2) is 6.81. The van der Waals surface area contributed by atoms with Gasteiger partial charge in [0.15, 0.2) is 11.9 Å². The van der Waals surface area contributed by atoms with Crippen LogP contribution < -0.4 is 0 Å². The van der Waals surface area contributed by atoms with E-state index in [1.807, 2.05) is 13.0 Å². The zero-order valence-electron chi connectivity index (χ0n) is 13.6. The fraction of sp³-hybridized carbons (Fsp3) is 0.412. The highest BCUT2D eigenvalue weighted by atomic mass is 16.5. The molecule has 0 radical (unpaired) electrons. The van der Waals surface area contributed by atoms with Gasteiger partial charge in [-0.1, -0.05) is 17.3 Å². The van der Waals surface area contributed by atoms with Crippen LogP contribution >= 0.6 is 0 Å². The number of nitriles is 1. The third-order valence-corrected chi connectivity index (χ3v) is 3.82. The van der Waals surface area contributed by atoms with E-state index in [0.717, 1.165) is 5.56 Å². The van der Waals surface area contributed by atoms with Gasteiger partial charge in [0.1, 0.15) is 0 Å². The van der Waals surface area contributed by atoms with Gasteiger partial charge in [0.2, 0.25) is 0 Å². The quantitative estimate of drug-likeness (QED) is 0.857. The number of hydrogen-bond donors (Lipinski definition) is 0. The number of aryl methyl sites for hydroxylation is 1. The summed E-state index contributed by atoms with van der Waals surface area (Å²) < 4.78 is 11.0. The lowest BCUT2D eigenvalue weighted by Crippen LogP contribution is -2.46. The number of benzene rings is 1. The molecule has 1 aromatic heterocycles. The molecular formula is C17H18N4O3. The molecule has 0 N–H and O–H groups in total. The van der Waals surface area contributed by atoms with Gasteiger partial charge >= 0.3 is 0 Å².